The van der Waals surface area contributed by atoms with Crippen LogP contribution in [0.1, 0.15) is 11.1 Å². The number of rotatable bonds is 6. The van der Waals surface area contributed by atoms with Crippen LogP contribution in [0, 0.1) is 5.82 Å². The van der Waals surface area contributed by atoms with Gasteiger partial charge in [0.25, 0.3) is 0 Å². The Morgan fingerprint density at radius 2 is 2.00 bits per heavy atom. The summed E-state index contributed by atoms with van der Waals surface area (Å²) in [6.45, 7) is 0.541. The highest BCUT2D eigenvalue weighted by atomic mass is 19.1. The summed E-state index contributed by atoms with van der Waals surface area (Å²) in [6, 6.07) is 12.1. The van der Waals surface area contributed by atoms with Crippen molar-refractivity contribution in [2.24, 2.45) is 0 Å². The molecule has 0 radical (unpaired) electrons. The first kappa shape index (κ1) is 16.1. The molecule has 124 valence electrons. The molecule has 0 atom stereocenters. The topological polar surface area (TPSA) is 54.1 Å². The van der Waals surface area contributed by atoms with Crippen LogP contribution in [0.5, 0.6) is 5.75 Å². The smallest absolute Gasteiger partial charge is 0.224 e. The predicted octanol–water partition coefficient (Wildman–Crippen LogP) is 3.22. The number of methoxy groups -OCH3 is 1. The van der Waals surface area contributed by atoms with Crippen molar-refractivity contribution in [1.82, 2.24) is 10.3 Å². The first-order valence-electron chi connectivity index (χ1n) is 7.81. The number of amides is 1. The van der Waals surface area contributed by atoms with Gasteiger partial charge in [-0.05, 0) is 47.9 Å². The molecule has 0 saturated carbocycles. The molecule has 2 N–H and O–H groups in total. The first-order chi connectivity index (χ1) is 11.7. The number of halogens is 1. The highest BCUT2D eigenvalue weighted by Gasteiger charge is 2.07. The van der Waals surface area contributed by atoms with E-state index in [9.17, 15) is 9.18 Å². The lowest BCUT2D eigenvalue weighted by molar-refractivity contribution is -0.120. The SMILES string of the molecule is COc1ccc(CC(=O)NCCc2c[nH]c3cc(F)ccc23)cc1. The molecular weight excluding hydrogens is 307 g/mol. The van der Waals surface area contributed by atoms with Crippen molar-refractivity contribution in [3.05, 3.63) is 65.6 Å². The maximum atomic E-state index is 13.2. The van der Waals surface area contributed by atoms with Gasteiger partial charge in [0, 0.05) is 23.6 Å². The van der Waals surface area contributed by atoms with Crippen LogP contribution in [0.15, 0.2) is 48.7 Å². The van der Waals surface area contributed by atoms with Crippen LogP contribution in [0.2, 0.25) is 0 Å². The average molecular weight is 326 g/mol. The van der Waals surface area contributed by atoms with E-state index >= 15 is 0 Å². The van der Waals surface area contributed by atoms with E-state index < -0.39 is 0 Å². The van der Waals surface area contributed by atoms with Gasteiger partial charge in [-0.3, -0.25) is 4.79 Å². The van der Waals surface area contributed by atoms with E-state index in [4.69, 9.17) is 4.74 Å². The molecule has 0 aliphatic rings. The Balaban J connectivity index is 1.52. The number of aromatic amines is 1. The fraction of sp³-hybridized carbons (Fsp3) is 0.211. The third-order valence-corrected chi connectivity index (χ3v) is 3.97. The number of fused-ring (bicyclic) bond motifs is 1. The summed E-state index contributed by atoms with van der Waals surface area (Å²) >= 11 is 0. The van der Waals surface area contributed by atoms with Crippen LogP contribution >= 0.6 is 0 Å². The molecule has 1 aromatic heterocycles. The summed E-state index contributed by atoms with van der Waals surface area (Å²) in [4.78, 5) is 15.1. The Bertz CT molecular complexity index is 840. The summed E-state index contributed by atoms with van der Waals surface area (Å²) in [5.74, 6) is 0.490. The van der Waals surface area contributed by atoms with Crippen molar-refractivity contribution >= 4 is 16.8 Å². The van der Waals surface area contributed by atoms with E-state index in [1.165, 1.54) is 12.1 Å². The quantitative estimate of drug-likeness (QED) is 0.731. The molecule has 0 saturated heterocycles. The lowest BCUT2D eigenvalue weighted by Gasteiger charge is -2.06. The number of nitrogens with one attached hydrogen (secondary N) is 2. The van der Waals surface area contributed by atoms with Gasteiger partial charge in [0.05, 0.1) is 13.5 Å². The number of aromatic nitrogens is 1. The Kier molecular flexibility index (Phi) is 4.79. The fourth-order valence-corrected chi connectivity index (χ4v) is 2.69. The number of ether oxygens (including phenoxy) is 1. The van der Waals surface area contributed by atoms with Gasteiger partial charge in [0.15, 0.2) is 0 Å². The molecule has 1 amide bonds. The van der Waals surface area contributed by atoms with Gasteiger partial charge in [-0.25, -0.2) is 4.39 Å². The summed E-state index contributed by atoms with van der Waals surface area (Å²) in [5.41, 5.74) is 2.78. The van der Waals surface area contributed by atoms with Gasteiger partial charge in [0.1, 0.15) is 11.6 Å². The molecule has 3 rings (SSSR count). The molecule has 2 aromatic carbocycles. The number of carbonyl (C=O) groups is 1. The second-order valence-corrected chi connectivity index (χ2v) is 5.63. The van der Waals surface area contributed by atoms with Crippen molar-refractivity contribution in [2.75, 3.05) is 13.7 Å². The molecule has 1 heterocycles. The van der Waals surface area contributed by atoms with Crippen LogP contribution < -0.4 is 10.1 Å². The van der Waals surface area contributed by atoms with Gasteiger partial charge >= 0.3 is 0 Å². The Hall–Kier alpha value is -2.82. The first-order valence-corrected chi connectivity index (χ1v) is 7.81. The zero-order chi connectivity index (χ0) is 16.9. The molecule has 0 spiro atoms. The van der Waals surface area contributed by atoms with Gasteiger partial charge in [0.2, 0.25) is 5.91 Å². The van der Waals surface area contributed by atoms with Crippen molar-refractivity contribution < 1.29 is 13.9 Å². The average Bonchev–Trinajstić information content (AvgIpc) is 2.97. The largest absolute Gasteiger partial charge is 0.497 e. The third-order valence-electron chi connectivity index (χ3n) is 3.97. The molecule has 0 aliphatic heterocycles. The van der Waals surface area contributed by atoms with E-state index in [-0.39, 0.29) is 11.7 Å². The summed E-state index contributed by atoms with van der Waals surface area (Å²) < 4.78 is 18.3. The van der Waals surface area contributed by atoms with E-state index in [2.05, 4.69) is 10.3 Å². The minimum absolute atomic E-state index is 0.0222. The van der Waals surface area contributed by atoms with Crippen molar-refractivity contribution in [2.45, 2.75) is 12.8 Å². The van der Waals surface area contributed by atoms with Gasteiger partial charge in [-0.15, -0.1) is 0 Å². The zero-order valence-corrected chi connectivity index (χ0v) is 13.4. The van der Waals surface area contributed by atoms with E-state index in [1.807, 2.05) is 30.5 Å². The van der Waals surface area contributed by atoms with Crippen LogP contribution in [0.25, 0.3) is 10.9 Å². The van der Waals surface area contributed by atoms with E-state index in [1.54, 1.807) is 13.2 Å². The van der Waals surface area contributed by atoms with Gasteiger partial charge in [-0.2, -0.15) is 0 Å². The highest BCUT2D eigenvalue weighted by molar-refractivity contribution is 5.83. The second-order valence-electron chi connectivity index (χ2n) is 5.63. The third kappa shape index (κ3) is 3.74. The van der Waals surface area contributed by atoms with Crippen molar-refractivity contribution in [1.29, 1.82) is 0 Å². The van der Waals surface area contributed by atoms with E-state index in [0.29, 0.717) is 19.4 Å². The lowest BCUT2D eigenvalue weighted by atomic mass is 10.1. The van der Waals surface area contributed by atoms with Crippen LogP contribution in [-0.4, -0.2) is 24.5 Å². The maximum Gasteiger partial charge on any atom is 0.224 e. The number of hydrogen-bond acceptors (Lipinski definition) is 2. The van der Waals surface area contributed by atoms with E-state index in [0.717, 1.165) is 27.8 Å². The van der Waals surface area contributed by atoms with Crippen molar-refractivity contribution in [3.63, 3.8) is 0 Å². The van der Waals surface area contributed by atoms with Crippen LogP contribution in [0.4, 0.5) is 4.39 Å². The summed E-state index contributed by atoms with van der Waals surface area (Å²) in [7, 11) is 1.61. The lowest BCUT2D eigenvalue weighted by Crippen LogP contribution is -2.27. The molecule has 0 bridgehead atoms. The molecule has 4 nitrogen and oxygen atoms in total. The number of carbonyl (C=O) groups excluding carboxylic acids is 1. The molecule has 3 aromatic rings. The standard InChI is InChI=1S/C19H19FN2O2/c1-24-16-5-2-13(3-6-16)10-19(23)21-9-8-14-12-22-18-11-15(20)4-7-17(14)18/h2-7,11-12,22H,8-10H2,1H3,(H,21,23). The van der Waals surface area contributed by atoms with Gasteiger partial charge in [-0.1, -0.05) is 12.1 Å². The van der Waals surface area contributed by atoms with Gasteiger partial charge < -0.3 is 15.0 Å². The molecule has 0 unspecified atom stereocenters. The second kappa shape index (κ2) is 7.17. The molecule has 0 aliphatic carbocycles. The molecular formula is C19H19FN2O2. The monoisotopic (exact) mass is 326 g/mol. The van der Waals surface area contributed by atoms with Crippen LogP contribution in [-0.2, 0) is 17.6 Å². The predicted molar refractivity (Wildman–Crippen MR) is 91.7 cm³/mol. The Labute approximate surface area is 139 Å². The van der Waals surface area contributed by atoms with Crippen LogP contribution in [0.3, 0.4) is 0 Å². The Morgan fingerprint density at radius 3 is 2.75 bits per heavy atom. The number of benzene rings is 2. The minimum atomic E-state index is -0.260. The highest BCUT2D eigenvalue weighted by Crippen LogP contribution is 2.19. The number of hydrogen-bond donors (Lipinski definition) is 2. The fourth-order valence-electron chi connectivity index (χ4n) is 2.69. The minimum Gasteiger partial charge on any atom is -0.497 e. The molecule has 5 heteroatoms. The molecule has 0 fully saturated rings. The Morgan fingerprint density at radius 1 is 1.21 bits per heavy atom. The zero-order valence-electron chi connectivity index (χ0n) is 13.4. The summed E-state index contributed by atoms with van der Waals surface area (Å²) in [5, 5.41) is 3.90. The number of H-pyrrole nitrogens is 1. The normalized spacial score (nSPS) is 10.8. The van der Waals surface area contributed by atoms with Crippen molar-refractivity contribution in [3.8, 4) is 5.75 Å². The summed E-state index contributed by atoms with van der Waals surface area (Å²) in [6.07, 6.45) is 2.89. The molecule has 24 heavy (non-hydrogen) atoms. The maximum absolute atomic E-state index is 13.2.